The number of aliphatic hydroxyl groups excluding tert-OH is 1. The van der Waals surface area contributed by atoms with Gasteiger partial charge in [0.25, 0.3) is 0 Å². The zero-order valence-electron chi connectivity index (χ0n) is 19.3. The van der Waals surface area contributed by atoms with Gasteiger partial charge in [-0.05, 0) is 49.6 Å². The maximum absolute atomic E-state index is 12.9. The molecule has 10 nitrogen and oxygen atoms in total. The fourth-order valence-corrected chi connectivity index (χ4v) is 3.52. The summed E-state index contributed by atoms with van der Waals surface area (Å²) < 4.78 is 27.9. The number of aliphatic carboxylic acids is 1. The van der Waals surface area contributed by atoms with Crippen molar-refractivity contribution in [2.45, 2.75) is 32.0 Å². The number of nitrogens with one attached hydrogen (secondary N) is 1. The Bertz CT molecular complexity index is 1020. The molecule has 3 rings (SSSR count). The first-order chi connectivity index (χ1) is 17.0. The Morgan fingerprint density at radius 2 is 2.00 bits per heavy atom. The largest absolute Gasteiger partial charge is 0.491 e. The van der Waals surface area contributed by atoms with Gasteiger partial charge in [-0.3, -0.25) is 5.32 Å². The molecule has 0 aliphatic carbocycles. The second kappa shape index (κ2) is 13.2. The SMILES string of the molecule is CCO[C@@H](CC/C=C/C(=O)O)[C@@H](OC(=O)Nc1ccc2c(c1)OCO2)c1cccc(OCCO)c1. The molecule has 0 spiro atoms. The number of fused-ring (bicyclic) bond motifs is 1. The number of rotatable bonds is 13. The molecule has 3 N–H and O–H groups in total. The molecule has 0 bridgehead atoms. The molecule has 2 aromatic carbocycles. The van der Waals surface area contributed by atoms with E-state index in [-0.39, 0.29) is 20.0 Å². The van der Waals surface area contributed by atoms with Crippen LogP contribution in [0.3, 0.4) is 0 Å². The number of hydrogen-bond acceptors (Lipinski definition) is 8. The van der Waals surface area contributed by atoms with E-state index in [0.717, 1.165) is 6.08 Å². The zero-order valence-corrected chi connectivity index (χ0v) is 19.3. The summed E-state index contributed by atoms with van der Waals surface area (Å²) in [6.07, 6.45) is 1.31. The van der Waals surface area contributed by atoms with Crippen molar-refractivity contribution in [2.75, 3.05) is 31.9 Å². The highest BCUT2D eigenvalue weighted by molar-refractivity contribution is 5.85. The molecule has 0 fully saturated rings. The van der Waals surface area contributed by atoms with Gasteiger partial charge in [0.1, 0.15) is 12.4 Å². The Labute approximate surface area is 203 Å². The zero-order chi connectivity index (χ0) is 25.0. The molecular formula is C25H29NO9. The van der Waals surface area contributed by atoms with E-state index in [1.54, 1.807) is 42.5 Å². The van der Waals surface area contributed by atoms with E-state index in [4.69, 9.17) is 33.9 Å². The van der Waals surface area contributed by atoms with E-state index in [2.05, 4.69) is 5.32 Å². The number of carbonyl (C=O) groups is 2. The lowest BCUT2D eigenvalue weighted by atomic mass is 10.00. The van der Waals surface area contributed by atoms with Crippen molar-refractivity contribution < 1.29 is 43.5 Å². The van der Waals surface area contributed by atoms with Crippen molar-refractivity contribution in [3.8, 4) is 17.2 Å². The fourth-order valence-electron chi connectivity index (χ4n) is 3.52. The Balaban J connectivity index is 1.80. The van der Waals surface area contributed by atoms with Crippen LogP contribution in [0.15, 0.2) is 54.6 Å². The minimum Gasteiger partial charge on any atom is -0.491 e. The molecule has 1 aliphatic rings. The Kier molecular flexibility index (Phi) is 9.76. The summed E-state index contributed by atoms with van der Waals surface area (Å²) in [6.45, 7) is 2.28. The van der Waals surface area contributed by atoms with Gasteiger partial charge in [-0.2, -0.15) is 0 Å². The van der Waals surface area contributed by atoms with E-state index in [1.807, 2.05) is 6.92 Å². The molecule has 2 atom stereocenters. The van der Waals surface area contributed by atoms with Crippen molar-refractivity contribution in [2.24, 2.45) is 0 Å². The molecule has 0 unspecified atom stereocenters. The normalized spacial score (nSPS) is 13.9. The van der Waals surface area contributed by atoms with Crippen molar-refractivity contribution in [3.05, 3.63) is 60.2 Å². The number of carboxylic acid groups (broad SMARTS) is 1. The van der Waals surface area contributed by atoms with Crippen LogP contribution in [0.5, 0.6) is 17.2 Å². The predicted octanol–water partition coefficient (Wildman–Crippen LogP) is 3.90. The van der Waals surface area contributed by atoms with Gasteiger partial charge >= 0.3 is 12.1 Å². The lowest BCUT2D eigenvalue weighted by molar-refractivity contribution is -0.131. The van der Waals surface area contributed by atoms with E-state index in [0.29, 0.717) is 47.9 Å². The minimum absolute atomic E-state index is 0.117. The summed E-state index contributed by atoms with van der Waals surface area (Å²) in [5.74, 6) is 0.572. The molecule has 0 saturated heterocycles. The molecule has 0 aromatic heterocycles. The standard InChI is InChI=1S/C25H29NO9/c1-2-31-21(8-3-4-9-23(28)29)24(17-6-5-7-19(14-17)32-13-12-27)35-25(30)26-18-10-11-20-22(15-18)34-16-33-20/h4-7,9-11,14-15,21,24,27H,2-3,8,12-13,16H2,1H3,(H,26,30)(H,28,29)/b9-4+/t21-,24-/m0/s1. The van der Waals surface area contributed by atoms with E-state index >= 15 is 0 Å². The predicted molar refractivity (Wildman–Crippen MR) is 126 cm³/mol. The fraction of sp³-hybridized carbons (Fsp3) is 0.360. The molecular weight excluding hydrogens is 458 g/mol. The van der Waals surface area contributed by atoms with Crippen molar-refractivity contribution in [1.82, 2.24) is 0 Å². The number of allylic oxidation sites excluding steroid dienone is 1. The molecule has 188 valence electrons. The highest BCUT2D eigenvalue weighted by Crippen LogP contribution is 2.35. The summed E-state index contributed by atoms with van der Waals surface area (Å²) in [6, 6.07) is 12.0. The first-order valence-corrected chi connectivity index (χ1v) is 11.2. The second-order valence-corrected chi connectivity index (χ2v) is 7.48. The van der Waals surface area contributed by atoms with E-state index in [1.165, 1.54) is 6.08 Å². The van der Waals surface area contributed by atoms with Crippen molar-refractivity contribution in [3.63, 3.8) is 0 Å². The first kappa shape index (κ1) is 25.9. The number of amides is 1. The van der Waals surface area contributed by atoms with Gasteiger partial charge in [0, 0.05) is 24.4 Å². The topological polar surface area (TPSA) is 133 Å². The van der Waals surface area contributed by atoms with Crippen molar-refractivity contribution >= 4 is 17.7 Å². The van der Waals surface area contributed by atoms with Crippen LogP contribution in [0.4, 0.5) is 10.5 Å². The van der Waals surface area contributed by atoms with Crippen LogP contribution < -0.4 is 19.5 Å². The van der Waals surface area contributed by atoms with Crippen LogP contribution >= 0.6 is 0 Å². The first-order valence-electron chi connectivity index (χ1n) is 11.2. The van der Waals surface area contributed by atoms with Crippen LogP contribution in [0.1, 0.15) is 31.4 Å². The van der Waals surface area contributed by atoms with Crippen LogP contribution in [-0.2, 0) is 14.3 Å². The van der Waals surface area contributed by atoms with Gasteiger partial charge in [0.05, 0.1) is 12.7 Å². The van der Waals surface area contributed by atoms with Crippen molar-refractivity contribution in [1.29, 1.82) is 0 Å². The molecule has 0 saturated carbocycles. The Hall–Kier alpha value is -3.76. The third-order valence-electron chi connectivity index (χ3n) is 5.00. The number of anilines is 1. The summed E-state index contributed by atoms with van der Waals surface area (Å²) in [7, 11) is 0. The number of ether oxygens (including phenoxy) is 5. The van der Waals surface area contributed by atoms with Gasteiger partial charge in [-0.1, -0.05) is 18.2 Å². The molecule has 1 aliphatic heterocycles. The quantitative estimate of drug-likeness (QED) is 0.360. The monoisotopic (exact) mass is 487 g/mol. The lowest BCUT2D eigenvalue weighted by Gasteiger charge is -2.27. The Morgan fingerprint density at radius 1 is 1.17 bits per heavy atom. The highest BCUT2D eigenvalue weighted by atomic mass is 16.7. The number of hydrogen-bond donors (Lipinski definition) is 3. The number of aliphatic hydroxyl groups is 1. The minimum atomic E-state index is -1.04. The van der Waals surface area contributed by atoms with E-state index in [9.17, 15) is 9.59 Å². The molecule has 1 amide bonds. The maximum atomic E-state index is 12.9. The number of benzene rings is 2. The number of carbonyl (C=O) groups excluding carboxylic acids is 1. The molecule has 10 heteroatoms. The smallest absolute Gasteiger partial charge is 0.412 e. The van der Waals surface area contributed by atoms with Gasteiger partial charge in [-0.25, -0.2) is 9.59 Å². The van der Waals surface area contributed by atoms with Crippen LogP contribution in [-0.4, -0.2) is 55.0 Å². The molecule has 35 heavy (non-hydrogen) atoms. The summed E-state index contributed by atoms with van der Waals surface area (Å²) in [4.78, 5) is 23.7. The van der Waals surface area contributed by atoms with Crippen LogP contribution in [0.2, 0.25) is 0 Å². The summed E-state index contributed by atoms with van der Waals surface area (Å²) >= 11 is 0. The van der Waals surface area contributed by atoms with Crippen LogP contribution in [0, 0.1) is 0 Å². The van der Waals surface area contributed by atoms with E-state index < -0.39 is 24.3 Å². The third-order valence-corrected chi connectivity index (χ3v) is 5.00. The van der Waals surface area contributed by atoms with Gasteiger partial charge in [-0.15, -0.1) is 0 Å². The molecule has 0 radical (unpaired) electrons. The summed E-state index contributed by atoms with van der Waals surface area (Å²) in [5, 5.41) is 20.6. The third kappa shape index (κ3) is 7.90. The molecule has 2 aromatic rings. The average Bonchev–Trinajstić information content (AvgIpc) is 3.31. The molecule has 1 heterocycles. The Morgan fingerprint density at radius 3 is 2.77 bits per heavy atom. The number of carboxylic acids is 1. The van der Waals surface area contributed by atoms with Gasteiger partial charge in [0.15, 0.2) is 17.6 Å². The summed E-state index contributed by atoms with van der Waals surface area (Å²) in [5.41, 5.74) is 1.09. The average molecular weight is 488 g/mol. The second-order valence-electron chi connectivity index (χ2n) is 7.48. The van der Waals surface area contributed by atoms with Crippen LogP contribution in [0.25, 0.3) is 0 Å². The van der Waals surface area contributed by atoms with Gasteiger partial charge in [0.2, 0.25) is 6.79 Å². The highest BCUT2D eigenvalue weighted by Gasteiger charge is 2.28. The maximum Gasteiger partial charge on any atom is 0.412 e. The lowest BCUT2D eigenvalue weighted by Crippen LogP contribution is -2.29. The van der Waals surface area contributed by atoms with Gasteiger partial charge < -0.3 is 33.9 Å².